The Morgan fingerprint density at radius 3 is 3.00 bits per heavy atom. The molecule has 0 aliphatic carbocycles. The van der Waals surface area contributed by atoms with Crippen molar-refractivity contribution in [3.8, 4) is 6.07 Å². The molecule has 4 nitrogen and oxygen atoms in total. The molecule has 72 valence electrons. The molecule has 1 N–H and O–H groups in total. The number of nitrogens with one attached hydrogen (secondary N) is 1. The van der Waals surface area contributed by atoms with E-state index >= 15 is 0 Å². The van der Waals surface area contributed by atoms with E-state index < -0.39 is 0 Å². The number of nitriles is 1. The summed E-state index contributed by atoms with van der Waals surface area (Å²) in [7, 11) is 0. The standard InChI is InChI=1S/C9H8BrN3O/c10-8-3-2-7(6-13-8)9(14)12-5-1-4-11/h2-3,6H,1,5H2,(H,12,14). The third-order valence-corrected chi connectivity index (χ3v) is 1.98. The van der Waals surface area contributed by atoms with Gasteiger partial charge in [0.05, 0.1) is 18.1 Å². The summed E-state index contributed by atoms with van der Waals surface area (Å²) in [4.78, 5) is 15.3. The van der Waals surface area contributed by atoms with Gasteiger partial charge >= 0.3 is 0 Å². The van der Waals surface area contributed by atoms with Gasteiger partial charge in [-0.05, 0) is 28.1 Å². The molecule has 14 heavy (non-hydrogen) atoms. The van der Waals surface area contributed by atoms with Crippen molar-refractivity contribution in [2.45, 2.75) is 6.42 Å². The number of nitrogens with zero attached hydrogens (tertiary/aromatic N) is 2. The van der Waals surface area contributed by atoms with Crippen molar-refractivity contribution in [2.24, 2.45) is 0 Å². The molecule has 1 aromatic rings. The van der Waals surface area contributed by atoms with Crippen molar-refractivity contribution >= 4 is 21.8 Å². The molecule has 0 unspecified atom stereocenters. The second-order valence-electron chi connectivity index (χ2n) is 2.53. The Morgan fingerprint density at radius 2 is 2.43 bits per heavy atom. The fraction of sp³-hybridized carbons (Fsp3) is 0.222. The molecule has 1 heterocycles. The van der Waals surface area contributed by atoms with Crippen LogP contribution < -0.4 is 5.32 Å². The minimum absolute atomic E-state index is 0.208. The van der Waals surface area contributed by atoms with Gasteiger partial charge in [0, 0.05) is 12.7 Å². The predicted octanol–water partition coefficient (Wildman–Crippen LogP) is 1.49. The molecule has 0 atom stereocenters. The Kier molecular flexibility index (Phi) is 4.08. The maximum Gasteiger partial charge on any atom is 0.252 e. The quantitative estimate of drug-likeness (QED) is 0.656. The molecular weight excluding hydrogens is 246 g/mol. The number of hydrogen-bond acceptors (Lipinski definition) is 3. The van der Waals surface area contributed by atoms with Gasteiger partial charge in [0.15, 0.2) is 0 Å². The number of carbonyl (C=O) groups is 1. The van der Waals surface area contributed by atoms with Crippen LogP contribution in [-0.4, -0.2) is 17.4 Å². The lowest BCUT2D eigenvalue weighted by Gasteiger charge is -2.01. The molecule has 0 aromatic carbocycles. The second-order valence-corrected chi connectivity index (χ2v) is 3.35. The van der Waals surface area contributed by atoms with Gasteiger partial charge in [0.2, 0.25) is 0 Å². The first-order chi connectivity index (χ1) is 6.74. The molecule has 0 saturated heterocycles. The van der Waals surface area contributed by atoms with Crippen LogP contribution in [0.3, 0.4) is 0 Å². The average molecular weight is 254 g/mol. The number of aromatic nitrogens is 1. The molecule has 5 heteroatoms. The van der Waals surface area contributed by atoms with E-state index in [1.54, 1.807) is 12.1 Å². The molecule has 0 fully saturated rings. The molecule has 0 radical (unpaired) electrons. The summed E-state index contributed by atoms with van der Waals surface area (Å²) in [6, 6.07) is 5.30. The Labute approximate surface area is 90.1 Å². The fourth-order valence-electron chi connectivity index (χ4n) is 0.844. The van der Waals surface area contributed by atoms with Gasteiger partial charge in [-0.3, -0.25) is 4.79 Å². The summed E-state index contributed by atoms with van der Waals surface area (Å²) in [5.41, 5.74) is 0.492. The summed E-state index contributed by atoms with van der Waals surface area (Å²) in [6.45, 7) is 0.366. The number of rotatable bonds is 3. The zero-order valence-electron chi connectivity index (χ0n) is 7.33. The Bertz CT molecular complexity index is 355. The average Bonchev–Trinajstić information content (AvgIpc) is 2.19. The molecule has 0 aliphatic heterocycles. The number of amides is 1. The van der Waals surface area contributed by atoms with E-state index in [1.807, 2.05) is 6.07 Å². The van der Waals surface area contributed by atoms with Gasteiger partial charge in [-0.1, -0.05) is 0 Å². The van der Waals surface area contributed by atoms with Crippen molar-refractivity contribution in [1.82, 2.24) is 10.3 Å². The zero-order valence-corrected chi connectivity index (χ0v) is 8.91. The van der Waals surface area contributed by atoms with Gasteiger partial charge in [-0.2, -0.15) is 5.26 Å². The highest BCUT2D eigenvalue weighted by Gasteiger charge is 2.03. The molecular formula is C9H8BrN3O. The van der Waals surface area contributed by atoms with Crippen molar-refractivity contribution in [3.05, 3.63) is 28.5 Å². The summed E-state index contributed by atoms with van der Waals surface area (Å²) in [5, 5.41) is 10.9. The van der Waals surface area contributed by atoms with Crippen LogP contribution in [0, 0.1) is 11.3 Å². The van der Waals surface area contributed by atoms with Crippen LogP contribution in [0.5, 0.6) is 0 Å². The maximum atomic E-state index is 11.4. The van der Waals surface area contributed by atoms with Gasteiger partial charge < -0.3 is 5.32 Å². The highest BCUT2D eigenvalue weighted by molar-refractivity contribution is 9.10. The van der Waals surface area contributed by atoms with E-state index in [2.05, 4.69) is 26.2 Å². The molecule has 1 amide bonds. The van der Waals surface area contributed by atoms with Crippen molar-refractivity contribution in [2.75, 3.05) is 6.54 Å². The normalized spacial score (nSPS) is 9.14. The largest absolute Gasteiger partial charge is 0.351 e. The minimum atomic E-state index is -0.208. The van der Waals surface area contributed by atoms with E-state index in [4.69, 9.17) is 5.26 Å². The molecule has 1 aromatic heterocycles. The van der Waals surface area contributed by atoms with Gasteiger partial charge in [0.25, 0.3) is 5.91 Å². The topological polar surface area (TPSA) is 65.8 Å². The SMILES string of the molecule is N#CCCNC(=O)c1ccc(Br)nc1. The lowest BCUT2D eigenvalue weighted by atomic mass is 10.2. The van der Waals surface area contributed by atoms with Crippen LogP contribution in [0.4, 0.5) is 0 Å². The van der Waals surface area contributed by atoms with E-state index in [-0.39, 0.29) is 5.91 Å². The first-order valence-corrected chi connectivity index (χ1v) is 4.80. The van der Waals surface area contributed by atoms with Crippen molar-refractivity contribution in [1.29, 1.82) is 5.26 Å². The predicted molar refractivity (Wildman–Crippen MR) is 54.5 cm³/mol. The molecule has 0 bridgehead atoms. The number of pyridine rings is 1. The van der Waals surface area contributed by atoms with E-state index in [9.17, 15) is 4.79 Å². The summed E-state index contributed by atoms with van der Waals surface area (Å²) < 4.78 is 0.686. The molecule has 1 rings (SSSR count). The Hall–Kier alpha value is -1.41. The third kappa shape index (κ3) is 3.15. The Morgan fingerprint density at radius 1 is 1.64 bits per heavy atom. The lowest BCUT2D eigenvalue weighted by Crippen LogP contribution is -2.24. The monoisotopic (exact) mass is 253 g/mol. The summed E-state index contributed by atoms with van der Waals surface area (Å²) in [5.74, 6) is -0.208. The highest BCUT2D eigenvalue weighted by atomic mass is 79.9. The summed E-state index contributed by atoms with van der Waals surface area (Å²) in [6.07, 6.45) is 1.79. The van der Waals surface area contributed by atoms with Gasteiger partial charge in [-0.15, -0.1) is 0 Å². The van der Waals surface area contributed by atoms with Crippen LogP contribution in [0.1, 0.15) is 16.8 Å². The van der Waals surface area contributed by atoms with Gasteiger partial charge in [-0.25, -0.2) is 4.98 Å². The van der Waals surface area contributed by atoms with Crippen LogP contribution >= 0.6 is 15.9 Å². The molecule has 0 saturated carbocycles. The Balaban J connectivity index is 2.53. The smallest absolute Gasteiger partial charge is 0.252 e. The van der Waals surface area contributed by atoms with Crippen LogP contribution in [0.15, 0.2) is 22.9 Å². The number of carbonyl (C=O) groups excluding carboxylic acids is 1. The molecule has 0 aliphatic rings. The maximum absolute atomic E-state index is 11.4. The lowest BCUT2D eigenvalue weighted by molar-refractivity contribution is 0.0954. The van der Waals surface area contributed by atoms with Gasteiger partial charge in [0.1, 0.15) is 4.60 Å². The fourth-order valence-corrected chi connectivity index (χ4v) is 1.08. The van der Waals surface area contributed by atoms with Crippen LogP contribution in [0.25, 0.3) is 0 Å². The van der Waals surface area contributed by atoms with E-state index in [0.717, 1.165) is 0 Å². The van der Waals surface area contributed by atoms with Crippen LogP contribution in [-0.2, 0) is 0 Å². The zero-order chi connectivity index (χ0) is 10.4. The first kappa shape index (κ1) is 10.7. The second kappa shape index (κ2) is 5.35. The number of halogens is 1. The van der Waals surface area contributed by atoms with E-state index in [0.29, 0.717) is 23.1 Å². The summed E-state index contributed by atoms with van der Waals surface area (Å²) >= 11 is 3.17. The van der Waals surface area contributed by atoms with Crippen molar-refractivity contribution < 1.29 is 4.79 Å². The third-order valence-electron chi connectivity index (χ3n) is 1.51. The van der Waals surface area contributed by atoms with Crippen molar-refractivity contribution in [3.63, 3.8) is 0 Å². The first-order valence-electron chi connectivity index (χ1n) is 4.00. The van der Waals surface area contributed by atoms with Crippen LogP contribution in [0.2, 0.25) is 0 Å². The number of hydrogen-bond donors (Lipinski definition) is 1. The van der Waals surface area contributed by atoms with E-state index in [1.165, 1.54) is 6.20 Å². The highest BCUT2D eigenvalue weighted by Crippen LogP contribution is 2.05. The molecule has 0 spiro atoms. The minimum Gasteiger partial charge on any atom is -0.351 e.